The minimum atomic E-state index is -1.99. The van der Waals surface area contributed by atoms with Gasteiger partial charge in [0.15, 0.2) is 5.76 Å². The summed E-state index contributed by atoms with van der Waals surface area (Å²) in [7, 11) is 0. The fourth-order valence-corrected chi connectivity index (χ4v) is 3.75. The molecule has 0 aromatic heterocycles. The zero-order valence-electron chi connectivity index (χ0n) is 15.8. The Morgan fingerprint density at radius 1 is 0.900 bits per heavy atom. The number of ether oxygens (including phenoxy) is 1. The molecule has 3 aromatic rings. The average Bonchev–Trinajstić information content (AvgIpc) is 2.77. The second kappa shape index (κ2) is 8.67. The molecular weight excluding hydrogens is 408 g/mol. The van der Waals surface area contributed by atoms with Gasteiger partial charge in [-0.05, 0) is 35.4 Å². The van der Waals surface area contributed by atoms with Gasteiger partial charge in [-0.1, -0.05) is 72.3 Å². The quantitative estimate of drug-likeness (QED) is 0.339. The number of carbonyl (C=O) groups is 1. The first-order valence-electron chi connectivity index (χ1n) is 9.41. The maximum atomic E-state index is 13.9. The molecule has 3 aromatic carbocycles. The molecule has 1 amide bonds. The molecule has 0 N–H and O–H groups in total. The van der Waals surface area contributed by atoms with E-state index in [2.05, 4.69) is 0 Å². The third-order valence-electron chi connectivity index (χ3n) is 5.05. The highest BCUT2D eigenvalue weighted by atomic mass is 35.5. The van der Waals surface area contributed by atoms with Gasteiger partial charge in [-0.15, -0.1) is 0 Å². The summed E-state index contributed by atoms with van der Waals surface area (Å²) in [6.45, 7) is -0.0419. The molecule has 0 bridgehead atoms. The molecule has 30 heavy (non-hydrogen) atoms. The second-order valence-corrected chi connectivity index (χ2v) is 7.35. The molecule has 2 atom stereocenters. The molecule has 1 aliphatic heterocycles. The number of nitrogens with zero attached hydrogens (tertiary/aromatic N) is 1. The van der Waals surface area contributed by atoms with Crippen molar-refractivity contribution in [3.63, 3.8) is 0 Å². The standard InChI is InChI=1S/C24H18ClF2NO2/c25-18-11-13-19(14-12-18)28-21(17-9-5-2-6-10-17)20(24(28)29)22(23(26)27)30-15-16-7-3-1-4-8-16/h1-14,20-21H,15H2/t20-,21-/m0/s1. The van der Waals surface area contributed by atoms with Crippen LogP contribution in [0.3, 0.4) is 0 Å². The van der Waals surface area contributed by atoms with Crippen LogP contribution >= 0.6 is 11.6 Å². The normalized spacial score (nSPS) is 18.0. The third-order valence-corrected chi connectivity index (χ3v) is 5.30. The number of hydrogen-bond acceptors (Lipinski definition) is 2. The fourth-order valence-electron chi connectivity index (χ4n) is 3.62. The van der Waals surface area contributed by atoms with Crippen molar-refractivity contribution in [1.29, 1.82) is 0 Å². The second-order valence-electron chi connectivity index (χ2n) is 6.92. The number of halogens is 3. The van der Waals surface area contributed by atoms with E-state index >= 15 is 0 Å². The summed E-state index contributed by atoms with van der Waals surface area (Å²) in [6.07, 6.45) is -1.99. The lowest BCUT2D eigenvalue weighted by Crippen LogP contribution is -2.56. The molecular formula is C24H18ClF2NO2. The van der Waals surface area contributed by atoms with Crippen molar-refractivity contribution in [2.24, 2.45) is 5.92 Å². The first kappa shape index (κ1) is 20.1. The van der Waals surface area contributed by atoms with E-state index in [0.29, 0.717) is 10.7 Å². The molecule has 6 heteroatoms. The Morgan fingerprint density at radius 2 is 1.50 bits per heavy atom. The van der Waals surface area contributed by atoms with Crippen LogP contribution in [-0.2, 0) is 16.1 Å². The van der Waals surface area contributed by atoms with Gasteiger partial charge in [-0.25, -0.2) is 0 Å². The van der Waals surface area contributed by atoms with Gasteiger partial charge >= 0.3 is 6.08 Å². The summed E-state index contributed by atoms with van der Waals surface area (Å²) in [5, 5.41) is 0.529. The van der Waals surface area contributed by atoms with Crippen LogP contribution in [0.2, 0.25) is 5.02 Å². The SMILES string of the molecule is O=C1[C@H](C(OCc2ccccc2)=C(F)F)[C@H](c2ccccc2)N1c1ccc(Cl)cc1. The van der Waals surface area contributed by atoms with Crippen LogP contribution in [0, 0.1) is 5.92 Å². The Bertz CT molecular complexity index is 1050. The number of hydrogen-bond donors (Lipinski definition) is 0. The van der Waals surface area contributed by atoms with Crippen molar-refractivity contribution >= 4 is 23.2 Å². The van der Waals surface area contributed by atoms with Crippen LogP contribution in [0.25, 0.3) is 0 Å². The molecule has 0 radical (unpaired) electrons. The van der Waals surface area contributed by atoms with Crippen molar-refractivity contribution in [1.82, 2.24) is 0 Å². The molecule has 1 fully saturated rings. The summed E-state index contributed by atoms with van der Waals surface area (Å²) in [5.74, 6) is -2.12. The lowest BCUT2D eigenvalue weighted by molar-refractivity contribution is -0.131. The first-order valence-corrected chi connectivity index (χ1v) is 9.79. The Hall–Kier alpha value is -3.18. The molecule has 0 aliphatic carbocycles. The number of carbonyl (C=O) groups excluding carboxylic acids is 1. The minimum absolute atomic E-state index is 0.0419. The largest absolute Gasteiger partial charge is 0.487 e. The molecule has 4 rings (SSSR count). The van der Waals surface area contributed by atoms with Crippen molar-refractivity contribution in [3.8, 4) is 0 Å². The van der Waals surface area contributed by atoms with Crippen molar-refractivity contribution in [2.75, 3.05) is 4.90 Å². The predicted molar refractivity (Wildman–Crippen MR) is 112 cm³/mol. The van der Waals surface area contributed by atoms with Gasteiger partial charge in [0.2, 0.25) is 5.91 Å². The van der Waals surface area contributed by atoms with E-state index in [1.807, 2.05) is 36.4 Å². The Balaban J connectivity index is 1.67. The minimum Gasteiger partial charge on any atom is -0.487 e. The van der Waals surface area contributed by atoms with Crippen LogP contribution in [0.5, 0.6) is 0 Å². The number of anilines is 1. The lowest BCUT2D eigenvalue weighted by atomic mass is 9.80. The van der Waals surface area contributed by atoms with Gasteiger partial charge in [-0.3, -0.25) is 4.79 Å². The van der Waals surface area contributed by atoms with E-state index < -0.39 is 29.7 Å². The van der Waals surface area contributed by atoms with Crippen LogP contribution in [0.1, 0.15) is 17.2 Å². The zero-order valence-corrected chi connectivity index (χ0v) is 16.6. The maximum Gasteiger partial charge on any atom is 0.308 e. The van der Waals surface area contributed by atoms with Crippen molar-refractivity contribution < 1.29 is 18.3 Å². The van der Waals surface area contributed by atoms with Gasteiger partial charge in [0.1, 0.15) is 12.5 Å². The van der Waals surface area contributed by atoms with Crippen molar-refractivity contribution in [2.45, 2.75) is 12.6 Å². The Morgan fingerprint density at radius 3 is 2.10 bits per heavy atom. The summed E-state index contributed by atoms with van der Waals surface area (Å²) in [4.78, 5) is 14.5. The van der Waals surface area contributed by atoms with Gasteiger partial charge in [0, 0.05) is 10.7 Å². The molecule has 1 aliphatic rings. The molecule has 0 spiro atoms. The fraction of sp³-hybridized carbons (Fsp3) is 0.125. The maximum absolute atomic E-state index is 13.9. The van der Waals surface area contributed by atoms with E-state index in [4.69, 9.17) is 16.3 Å². The lowest BCUT2D eigenvalue weighted by Gasteiger charge is -2.47. The van der Waals surface area contributed by atoms with Gasteiger partial charge in [0.25, 0.3) is 0 Å². The van der Waals surface area contributed by atoms with E-state index in [9.17, 15) is 13.6 Å². The molecule has 0 saturated carbocycles. The van der Waals surface area contributed by atoms with E-state index in [1.165, 1.54) is 4.90 Å². The number of β-lactam (4-membered cyclic amide) rings is 1. The molecule has 1 saturated heterocycles. The summed E-state index contributed by atoms with van der Waals surface area (Å²) >= 11 is 5.96. The highest BCUT2D eigenvalue weighted by Crippen LogP contribution is 2.48. The Labute approximate surface area is 178 Å². The molecule has 3 nitrogen and oxygen atoms in total. The smallest absolute Gasteiger partial charge is 0.308 e. The molecule has 1 heterocycles. The molecule has 0 unspecified atom stereocenters. The van der Waals surface area contributed by atoms with Crippen LogP contribution in [0.15, 0.2) is 96.8 Å². The van der Waals surface area contributed by atoms with Crippen LogP contribution in [-0.4, -0.2) is 5.91 Å². The van der Waals surface area contributed by atoms with Crippen LogP contribution in [0.4, 0.5) is 14.5 Å². The highest BCUT2D eigenvalue weighted by molar-refractivity contribution is 6.30. The first-order chi connectivity index (χ1) is 14.6. The summed E-state index contributed by atoms with van der Waals surface area (Å²) in [5.41, 5.74) is 2.09. The molecule has 152 valence electrons. The number of rotatable bonds is 6. The van der Waals surface area contributed by atoms with E-state index in [0.717, 1.165) is 11.1 Å². The number of amides is 1. The Kier molecular flexibility index (Phi) is 5.81. The average molecular weight is 426 g/mol. The van der Waals surface area contributed by atoms with Crippen LogP contribution < -0.4 is 4.90 Å². The van der Waals surface area contributed by atoms with Gasteiger partial charge < -0.3 is 9.64 Å². The zero-order chi connectivity index (χ0) is 21.1. The van der Waals surface area contributed by atoms with Crippen molar-refractivity contribution in [3.05, 3.63) is 113 Å². The predicted octanol–water partition coefficient (Wildman–Crippen LogP) is 6.37. The van der Waals surface area contributed by atoms with E-state index in [1.54, 1.807) is 48.5 Å². The summed E-state index contributed by atoms with van der Waals surface area (Å²) < 4.78 is 33.2. The topological polar surface area (TPSA) is 29.5 Å². The monoisotopic (exact) mass is 425 g/mol. The van der Waals surface area contributed by atoms with E-state index in [-0.39, 0.29) is 6.61 Å². The van der Waals surface area contributed by atoms with Gasteiger partial charge in [-0.2, -0.15) is 8.78 Å². The van der Waals surface area contributed by atoms with Gasteiger partial charge in [0.05, 0.1) is 6.04 Å². The number of benzene rings is 3. The third kappa shape index (κ3) is 3.94. The summed E-state index contributed by atoms with van der Waals surface area (Å²) in [6, 6.07) is 24.2. The highest BCUT2D eigenvalue weighted by Gasteiger charge is 2.53.